The molecule has 7 rings (SSSR count). The summed E-state index contributed by atoms with van der Waals surface area (Å²) >= 11 is 0. The minimum atomic E-state index is -1.47. The molecule has 4 aliphatic rings. The second-order valence-corrected chi connectivity index (χ2v) is 13.3. The highest BCUT2D eigenvalue weighted by Crippen LogP contribution is 2.56. The zero-order valence-corrected chi connectivity index (χ0v) is 27.7. The van der Waals surface area contributed by atoms with Gasteiger partial charge in [-0.3, -0.25) is 19.2 Å². The third-order valence-corrected chi connectivity index (χ3v) is 10.4. The van der Waals surface area contributed by atoms with Crippen LogP contribution in [-0.2, 0) is 35.3 Å². The van der Waals surface area contributed by atoms with Gasteiger partial charge in [-0.25, -0.2) is 4.68 Å². The Labute approximate surface area is 283 Å². The molecule has 8 atom stereocenters. The number of nitrogens with zero attached hydrogens (tertiary/aromatic N) is 6. The van der Waals surface area contributed by atoms with E-state index in [4.69, 9.17) is 9.47 Å². The van der Waals surface area contributed by atoms with Gasteiger partial charge in [-0.05, 0) is 38.0 Å². The van der Waals surface area contributed by atoms with Gasteiger partial charge in [0.1, 0.15) is 35.9 Å². The van der Waals surface area contributed by atoms with Crippen molar-refractivity contribution in [3.63, 3.8) is 0 Å². The summed E-state index contributed by atoms with van der Waals surface area (Å²) in [4.78, 5) is 61.5. The molecule has 256 valence electrons. The van der Waals surface area contributed by atoms with Crippen LogP contribution in [0.1, 0.15) is 38.4 Å². The number of hydrogen-bond acceptors (Lipinski definition) is 9. The van der Waals surface area contributed by atoms with Crippen LogP contribution in [0.5, 0.6) is 0 Å². The first-order chi connectivity index (χ1) is 23.7. The number of aliphatic hydroxyl groups is 1. The number of amides is 3. The molecule has 5 bridgehead atoms. The highest BCUT2D eigenvalue weighted by molar-refractivity contribution is 5.99. The molecule has 0 aliphatic carbocycles. The Balaban J connectivity index is 1.32. The van der Waals surface area contributed by atoms with E-state index < -0.39 is 72.2 Å². The molecule has 13 nitrogen and oxygen atoms in total. The number of fused-ring (bicyclic) bond motifs is 3. The first-order valence-electron chi connectivity index (χ1n) is 16.7. The molecule has 2 aromatic carbocycles. The number of cyclic esters (lactones) is 1. The third kappa shape index (κ3) is 5.41. The fourth-order valence-electron chi connectivity index (χ4n) is 7.72. The average molecular weight is 669 g/mol. The minimum Gasteiger partial charge on any atom is -0.455 e. The van der Waals surface area contributed by atoms with Gasteiger partial charge < -0.3 is 29.3 Å². The zero-order chi connectivity index (χ0) is 34.4. The number of benzene rings is 2. The quantitative estimate of drug-likeness (QED) is 0.319. The van der Waals surface area contributed by atoms with Gasteiger partial charge in [0, 0.05) is 20.0 Å². The molecule has 1 aromatic heterocycles. The van der Waals surface area contributed by atoms with Gasteiger partial charge >= 0.3 is 5.97 Å². The molecular weight excluding hydrogens is 628 g/mol. The van der Waals surface area contributed by atoms with Crippen molar-refractivity contribution >= 4 is 34.7 Å². The summed E-state index contributed by atoms with van der Waals surface area (Å²) in [5.74, 6) is -3.80. The molecule has 0 saturated carbocycles. The number of aliphatic hydroxyl groups excluding tert-OH is 1. The van der Waals surface area contributed by atoms with Crippen LogP contribution in [0.15, 0.2) is 78.9 Å². The van der Waals surface area contributed by atoms with Gasteiger partial charge in [0.2, 0.25) is 11.8 Å². The first kappa shape index (κ1) is 32.7. The van der Waals surface area contributed by atoms with E-state index in [1.807, 2.05) is 73.7 Å². The van der Waals surface area contributed by atoms with Crippen LogP contribution in [0, 0.1) is 11.8 Å². The number of carbonyl (C=O) groups is 4. The van der Waals surface area contributed by atoms with E-state index in [9.17, 15) is 24.3 Å². The van der Waals surface area contributed by atoms with Gasteiger partial charge in [0.05, 0.1) is 36.2 Å². The van der Waals surface area contributed by atoms with Crippen molar-refractivity contribution in [2.45, 2.75) is 69.3 Å². The van der Waals surface area contributed by atoms with Crippen molar-refractivity contribution in [2.75, 3.05) is 20.2 Å². The Morgan fingerprint density at radius 3 is 2.55 bits per heavy atom. The summed E-state index contributed by atoms with van der Waals surface area (Å²) in [5.41, 5.74) is 0.618. The summed E-state index contributed by atoms with van der Waals surface area (Å²) in [6.45, 7) is 3.24. The van der Waals surface area contributed by atoms with Gasteiger partial charge in [0.25, 0.3) is 5.91 Å². The maximum Gasteiger partial charge on any atom is 0.313 e. The Hall–Kier alpha value is -4.88. The van der Waals surface area contributed by atoms with E-state index in [1.165, 1.54) is 4.90 Å². The highest BCUT2D eigenvalue weighted by atomic mass is 16.6. The number of likely N-dealkylation sites (tertiary alicyclic amines) is 1. The van der Waals surface area contributed by atoms with E-state index in [2.05, 4.69) is 10.3 Å². The maximum absolute atomic E-state index is 14.9. The fourth-order valence-corrected chi connectivity index (χ4v) is 7.72. The third-order valence-electron chi connectivity index (χ3n) is 10.4. The number of ether oxygens (including phenoxy) is 2. The lowest BCUT2D eigenvalue weighted by atomic mass is 9.74. The Morgan fingerprint density at radius 2 is 1.78 bits per heavy atom. The topological polar surface area (TPSA) is 147 Å². The molecule has 0 radical (unpaired) electrons. The monoisotopic (exact) mass is 668 g/mol. The largest absolute Gasteiger partial charge is 0.455 e. The lowest BCUT2D eigenvalue weighted by Crippen LogP contribution is -2.58. The van der Waals surface area contributed by atoms with E-state index >= 15 is 0 Å². The molecule has 1 N–H and O–H groups in total. The standard InChI is InChI=1S/C36H40N6O7/c1-22(20-43)42-32-34(46)40(21-41-26-15-10-9-14-25(26)37-38-41)19-11-5-8-16-28(44)39(3)23(2)31(24-12-6-4-7-13-24)48-35(47)29-27-17-18-36(32,49-27)30(29)33(42)45/h4-7,9-15,17-18,22-23,27,29-32,43H,8,16,19-21H2,1-3H3/b11-5-/t22-,23-,27+,29-,30-,31+,32+,36-/m1/s1. The summed E-state index contributed by atoms with van der Waals surface area (Å²) < 4.78 is 14.4. The van der Waals surface area contributed by atoms with E-state index in [1.54, 1.807) is 40.6 Å². The lowest BCUT2D eigenvalue weighted by Gasteiger charge is -2.37. The second-order valence-electron chi connectivity index (χ2n) is 13.3. The number of carbonyl (C=O) groups excluding carboxylic acids is 4. The van der Waals surface area contributed by atoms with Crippen LogP contribution in [0.2, 0.25) is 0 Å². The zero-order valence-electron chi connectivity index (χ0n) is 27.7. The molecule has 3 amide bonds. The Morgan fingerprint density at radius 1 is 1.02 bits per heavy atom. The highest BCUT2D eigenvalue weighted by Gasteiger charge is 2.74. The van der Waals surface area contributed by atoms with Crippen molar-refractivity contribution in [3.8, 4) is 0 Å². The summed E-state index contributed by atoms with van der Waals surface area (Å²) in [7, 11) is 1.69. The maximum atomic E-state index is 14.9. The number of aromatic nitrogens is 3. The SMILES string of the molecule is C[C@@H]1[C@@H](c2ccccc2)OC(=O)[C@@H]2[C@@H]3C=C[C@]4(O3)[C@H](C(=O)N(Cn3nnc5ccccc53)C/C=C\CCC(=O)N1C)N([C@H](C)CO)C(=O)[C@@H]24. The molecule has 0 unspecified atom stereocenters. The van der Waals surface area contributed by atoms with Crippen molar-refractivity contribution in [1.82, 2.24) is 29.7 Å². The summed E-state index contributed by atoms with van der Waals surface area (Å²) in [6, 6.07) is 14.1. The number of para-hydroxylation sites is 1. The smallest absolute Gasteiger partial charge is 0.313 e. The summed E-state index contributed by atoms with van der Waals surface area (Å²) in [6.07, 6.45) is 6.12. The fraction of sp³-hybridized carbons (Fsp3) is 0.444. The molecule has 4 aliphatic heterocycles. The Bertz CT molecular complexity index is 1830. The van der Waals surface area contributed by atoms with Crippen LogP contribution in [0.25, 0.3) is 11.0 Å². The van der Waals surface area contributed by atoms with Crippen LogP contribution < -0.4 is 0 Å². The number of likely N-dealkylation sites (N-methyl/N-ethyl adjacent to an activating group) is 1. The normalized spacial score (nSPS) is 31.8. The van der Waals surface area contributed by atoms with Crippen LogP contribution in [0.3, 0.4) is 0 Å². The number of rotatable bonds is 5. The molecule has 1 spiro atoms. The van der Waals surface area contributed by atoms with E-state index in [0.29, 0.717) is 17.5 Å². The van der Waals surface area contributed by atoms with E-state index in [0.717, 1.165) is 5.52 Å². The number of allylic oxidation sites excluding steroid dienone is 1. The van der Waals surface area contributed by atoms with Gasteiger partial charge in [-0.1, -0.05) is 72.0 Å². The Kier molecular flexibility index (Phi) is 8.57. The predicted molar refractivity (Wildman–Crippen MR) is 176 cm³/mol. The van der Waals surface area contributed by atoms with Gasteiger partial charge in [-0.15, -0.1) is 5.10 Å². The van der Waals surface area contributed by atoms with Gasteiger partial charge in [0.15, 0.2) is 0 Å². The molecule has 49 heavy (non-hydrogen) atoms. The van der Waals surface area contributed by atoms with Crippen molar-refractivity contribution in [2.24, 2.45) is 11.8 Å². The van der Waals surface area contributed by atoms with Crippen LogP contribution in [-0.4, -0.2) is 109 Å². The summed E-state index contributed by atoms with van der Waals surface area (Å²) in [5, 5.41) is 18.8. The molecule has 2 fully saturated rings. The second kappa shape index (κ2) is 12.9. The van der Waals surface area contributed by atoms with Crippen molar-refractivity contribution in [3.05, 3.63) is 84.5 Å². The average Bonchev–Trinajstić information content (AvgIpc) is 3.87. The van der Waals surface area contributed by atoms with Crippen molar-refractivity contribution < 1.29 is 33.8 Å². The minimum absolute atomic E-state index is 0.00697. The lowest BCUT2D eigenvalue weighted by molar-refractivity contribution is -0.164. The van der Waals surface area contributed by atoms with E-state index in [-0.39, 0.29) is 25.5 Å². The molecular formula is C36H40N6O7. The molecule has 2 saturated heterocycles. The number of hydrogen-bond donors (Lipinski definition) is 1. The number of esters is 1. The van der Waals surface area contributed by atoms with Gasteiger partial charge in [-0.2, -0.15) is 0 Å². The molecule has 5 heterocycles. The first-order valence-corrected chi connectivity index (χ1v) is 16.7. The van der Waals surface area contributed by atoms with Crippen LogP contribution >= 0.6 is 0 Å². The molecule has 3 aromatic rings. The molecule has 13 heteroatoms. The predicted octanol–water partition coefficient (Wildman–Crippen LogP) is 2.23. The van der Waals surface area contributed by atoms with Crippen molar-refractivity contribution in [1.29, 1.82) is 0 Å². The van der Waals surface area contributed by atoms with Crippen LogP contribution in [0.4, 0.5) is 0 Å².